The minimum absolute atomic E-state index is 0.833. The van der Waals surface area contributed by atoms with Gasteiger partial charge in [0.1, 0.15) is 0 Å². The average Bonchev–Trinajstić information content (AvgIpc) is 2.03. The van der Waals surface area contributed by atoms with E-state index in [0.29, 0.717) is 0 Å². The Balaban J connectivity index is 0. The summed E-state index contributed by atoms with van der Waals surface area (Å²) >= 11 is 0. The highest BCUT2D eigenvalue weighted by atomic mass is 16.4. The first-order chi connectivity index (χ1) is 6.15. The summed E-state index contributed by atoms with van der Waals surface area (Å²) in [5.41, 5.74) is 0. The van der Waals surface area contributed by atoms with Gasteiger partial charge in [0, 0.05) is 6.92 Å². The minimum Gasteiger partial charge on any atom is -0.481 e. The number of carbonyl (C=O) groups is 1. The van der Waals surface area contributed by atoms with Crippen molar-refractivity contribution in [1.29, 1.82) is 0 Å². The molecule has 0 spiro atoms. The van der Waals surface area contributed by atoms with Crippen molar-refractivity contribution in [3.05, 3.63) is 12.7 Å². The highest BCUT2D eigenvalue weighted by Gasteiger charge is 1.84. The van der Waals surface area contributed by atoms with E-state index in [-0.39, 0.29) is 0 Å². The molecule has 2 nitrogen and oxygen atoms in total. The van der Waals surface area contributed by atoms with E-state index in [4.69, 9.17) is 9.90 Å². The number of hydrogen-bond donors (Lipinski definition) is 1. The molecule has 0 aromatic carbocycles. The third-order valence-corrected chi connectivity index (χ3v) is 1.51. The van der Waals surface area contributed by atoms with Crippen molar-refractivity contribution in [3.8, 4) is 0 Å². The fourth-order valence-electron chi connectivity index (χ4n) is 0.892. The Morgan fingerprint density at radius 3 is 2.15 bits per heavy atom. The molecule has 0 bridgehead atoms. The molecule has 0 aliphatic heterocycles. The van der Waals surface area contributed by atoms with Gasteiger partial charge in [-0.3, -0.25) is 4.79 Å². The van der Waals surface area contributed by atoms with Crippen LogP contribution in [-0.2, 0) is 4.79 Å². The van der Waals surface area contributed by atoms with Crippen LogP contribution in [0.25, 0.3) is 0 Å². The van der Waals surface area contributed by atoms with Crippen molar-refractivity contribution >= 4 is 5.97 Å². The van der Waals surface area contributed by atoms with Crippen molar-refractivity contribution < 1.29 is 9.90 Å². The highest BCUT2D eigenvalue weighted by molar-refractivity contribution is 5.62. The first kappa shape index (κ1) is 14.7. The smallest absolute Gasteiger partial charge is 0.300 e. The molecule has 0 atom stereocenters. The molecule has 2 heteroatoms. The summed E-state index contributed by atoms with van der Waals surface area (Å²) in [6.45, 7) is 7.01. The van der Waals surface area contributed by atoms with Gasteiger partial charge in [-0.15, -0.1) is 6.58 Å². The van der Waals surface area contributed by atoms with E-state index in [1.54, 1.807) is 0 Å². The molecule has 0 heterocycles. The predicted octanol–water partition coefficient (Wildman–Crippen LogP) is 3.62. The van der Waals surface area contributed by atoms with Crippen LogP contribution in [0.3, 0.4) is 0 Å². The molecule has 1 N–H and O–H groups in total. The molecule has 0 amide bonds. The maximum absolute atomic E-state index is 9.00. The third-order valence-electron chi connectivity index (χ3n) is 1.51. The molecule has 0 saturated heterocycles. The lowest BCUT2D eigenvalue weighted by molar-refractivity contribution is -0.134. The lowest BCUT2D eigenvalue weighted by atomic mass is 10.1. The van der Waals surface area contributed by atoms with Crippen molar-refractivity contribution in [2.24, 2.45) is 0 Å². The van der Waals surface area contributed by atoms with Crippen LogP contribution >= 0.6 is 0 Å². The molecular formula is C11H22O2. The lowest BCUT2D eigenvalue weighted by Gasteiger charge is -1.94. The normalized spacial score (nSPS) is 8.46. The van der Waals surface area contributed by atoms with Gasteiger partial charge in [-0.2, -0.15) is 0 Å². The van der Waals surface area contributed by atoms with Gasteiger partial charge in [0.05, 0.1) is 0 Å². The van der Waals surface area contributed by atoms with Crippen LogP contribution in [0.15, 0.2) is 12.7 Å². The zero-order valence-electron chi connectivity index (χ0n) is 8.88. The Morgan fingerprint density at radius 1 is 1.31 bits per heavy atom. The maximum Gasteiger partial charge on any atom is 0.300 e. The maximum atomic E-state index is 9.00. The molecule has 0 rings (SSSR count). The van der Waals surface area contributed by atoms with E-state index < -0.39 is 5.97 Å². The van der Waals surface area contributed by atoms with Gasteiger partial charge in [0.25, 0.3) is 5.97 Å². The summed E-state index contributed by atoms with van der Waals surface area (Å²) in [6.07, 6.45) is 10.1. The first-order valence-corrected chi connectivity index (χ1v) is 4.95. The molecule has 0 aliphatic rings. The van der Waals surface area contributed by atoms with Gasteiger partial charge in [0.15, 0.2) is 0 Å². The van der Waals surface area contributed by atoms with E-state index in [2.05, 4.69) is 13.5 Å². The molecule has 0 aromatic heterocycles. The van der Waals surface area contributed by atoms with Gasteiger partial charge in [0.2, 0.25) is 0 Å². The van der Waals surface area contributed by atoms with Gasteiger partial charge in [-0.25, -0.2) is 0 Å². The molecule has 0 radical (unpaired) electrons. The van der Waals surface area contributed by atoms with Gasteiger partial charge >= 0.3 is 0 Å². The van der Waals surface area contributed by atoms with Crippen molar-refractivity contribution in [3.63, 3.8) is 0 Å². The third kappa shape index (κ3) is 35.0. The second-order valence-corrected chi connectivity index (χ2v) is 3.01. The molecule has 0 fully saturated rings. The largest absolute Gasteiger partial charge is 0.481 e. The highest BCUT2D eigenvalue weighted by Crippen LogP contribution is 2.04. The van der Waals surface area contributed by atoms with Crippen LogP contribution in [0.4, 0.5) is 0 Å². The van der Waals surface area contributed by atoms with Gasteiger partial charge < -0.3 is 5.11 Å². The van der Waals surface area contributed by atoms with Crippen molar-refractivity contribution in [2.75, 3.05) is 0 Å². The van der Waals surface area contributed by atoms with Crippen molar-refractivity contribution in [1.82, 2.24) is 0 Å². The van der Waals surface area contributed by atoms with Crippen molar-refractivity contribution in [2.45, 2.75) is 52.4 Å². The average molecular weight is 186 g/mol. The van der Waals surface area contributed by atoms with Gasteiger partial charge in [-0.1, -0.05) is 38.7 Å². The summed E-state index contributed by atoms with van der Waals surface area (Å²) in [5, 5.41) is 7.42. The summed E-state index contributed by atoms with van der Waals surface area (Å²) in [6, 6.07) is 0. The van der Waals surface area contributed by atoms with Crippen LogP contribution < -0.4 is 0 Å². The van der Waals surface area contributed by atoms with E-state index >= 15 is 0 Å². The summed E-state index contributed by atoms with van der Waals surface area (Å²) in [7, 11) is 0. The monoisotopic (exact) mass is 186 g/mol. The Morgan fingerprint density at radius 2 is 1.77 bits per heavy atom. The van der Waals surface area contributed by atoms with Crippen LogP contribution in [-0.4, -0.2) is 11.1 Å². The Labute approximate surface area is 81.7 Å². The second kappa shape index (κ2) is 13.8. The van der Waals surface area contributed by atoms with Gasteiger partial charge in [-0.05, 0) is 12.8 Å². The Bertz CT molecular complexity index is 115. The molecule has 0 aliphatic carbocycles. The van der Waals surface area contributed by atoms with E-state index in [9.17, 15) is 0 Å². The van der Waals surface area contributed by atoms with E-state index in [1.165, 1.54) is 38.5 Å². The number of unbranched alkanes of at least 4 members (excludes halogenated alkanes) is 5. The molecule has 0 unspecified atom stereocenters. The second-order valence-electron chi connectivity index (χ2n) is 3.01. The van der Waals surface area contributed by atoms with Crippen LogP contribution in [0.2, 0.25) is 0 Å². The molecule has 0 saturated carbocycles. The van der Waals surface area contributed by atoms with Crippen LogP contribution in [0.5, 0.6) is 0 Å². The van der Waals surface area contributed by atoms with E-state index in [0.717, 1.165) is 6.92 Å². The standard InChI is InChI=1S/C9H18.C2H4O2/c1-3-5-7-9-8-6-4-2;1-2(3)4/h3H,1,4-9H2,2H3;1H3,(H,3,4). The van der Waals surface area contributed by atoms with Crippen LogP contribution in [0.1, 0.15) is 52.4 Å². The fourth-order valence-corrected chi connectivity index (χ4v) is 0.892. The lowest BCUT2D eigenvalue weighted by Crippen LogP contribution is -1.78. The number of allylic oxidation sites excluding steroid dienone is 1. The summed E-state index contributed by atoms with van der Waals surface area (Å²) in [5.74, 6) is -0.833. The zero-order chi connectivity index (χ0) is 10.5. The van der Waals surface area contributed by atoms with E-state index in [1.807, 2.05) is 6.08 Å². The minimum atomic E-state index is -0.833. The predicted molar refractivity (Wildman–Crippen MR) is 56.9 cm³/mol. The molecule has 78 valence electrons. The molecular weight excluding hydrogens is 164 g/mol. The summed E-state index contributed by atoms with van der Waals surface area (Å²) < 4.78 is 0. The number of aliphatic carboxylic acids is 1. The number of hydrogen-bond acceptors (Lipinski definition) is 1. The number of carboxylic acids is 1. The molecule has 13 heavy (non-hydrogen) atoms. The summed E-state index contributed by atoms with van der Waals surface area (Å²) in [4.78, 5) is 9.00. The Kier molecular flexibility index (Phi) is 15.6. The van der Waals surface area contributed by atoms with Crippen LogP contribution in [0, 0.1) is 0 Å². The number of rotatable bonds is 6. The zero-order valence-corrected chi connectivity index (χ0v) is 8.88. The first-order valence-electron chi connectivity index (χ1n) is 4.95. The fraction of sp³-hybridized carbons (Fsp3) is 0.727. The topological polar surface area (TPSA) is 37.3 Å². The SMILES string of the molecule is C=CCCCCCCC.CC(=O)O. The Hall–Kier alpha value is -0.790. The number of carboxylic acid groups (broad SMARTS) is 1. The quantitative estimate of drug-likeness (QED) is 0.508. The molecule has 0 aromatic rings.